The van der Waals surface area contributed by atoms with Crippen molar-refractivity contribution in [1.82, 2.24) is 4.57 Å². The molecular formula is C21H23ClN2O. The van der Waals surface area contributed by atoms with Crippen LogP contribution in [-0.2, 0) is 7.05 Å². The third kappa shape index (κ3) is 4.74. The maximum absolute atomic E-state index is 5.44. The first-order chi connectivity index (χ1) is 11.8. The number of para-hydroxylation sites is 1. The van der Waals surface area contributed by atoms with Crippen LogP contribution in [0.1, 0.15) is 18.2 Å². The molecule has 0 N–H and O–H groups in total. The topological polar surface area (TPSA) is 26.5 Å². The van der Waals surface area contributed by atoms with E-state index in [1.807, 2.05) is 25.3 Å². The summed E-state index contributed by atoms with van der Waals surface area (Å²) in [7, 11) is 2.07. The number of fused-ring (bicyclic) bond motifs is 1. The molecule has 0 fully saturated rings. The van der Waals surface area contributed by atoms with Gasteiger partial charge in [0.1, 0.15) is 5.75 Å². The molecule has 0 spiro atoms. The van der Waals surface area contributed by atoms with E-state index in [0.717, 1.165) is 17.0 Å². The van der Waals surface area contributed by atoms with Crippen molar-refractivity contribution in [2.45, 2.75) is 6.92 Å². The lowest BCUT2D eigenvalue weighted by Gasteiger charge is -2.02. The van der Waals surface area contributed by atoms with Crippen LogP contribution in [0.4, 0.5) is 0 Å². The van der Waals surface area contributed by atoms with Gasteiger partial charge in [-0.05, 0) is 36.8 Å². The smallest absolute Gasteiger partial charge is 0.119 e. The number of rotatable bonds is 6. The van der Waals surface area contributed by atoms with E-state index in [4.69, 9.17) is 4.74 Å². The van der Waals surface area contributed by atoms with Gasteiger partial charge in [-0.1, -0.05) is 42.5 Å². The van der Waals surface area contributed by atoms with E-state index in [1.165, 1.54) is 10.9 Å². The summed E-state index contributed by atoms with van der Waals surface area (Å²) >= 11 is 0. The largest absolute Gasteiger partial charge is 0.494 e. The van der Waals surface area contributed by atoms with Crippen molar-refractivity contribution in [1.29, 1.82) is 0 Å². The van der Waals surface area contributed by atoms with Crippen LogP contribution in [0.2, 0.25) is 0 Å². The summed E-state index contributed by atoms with van der Waals surface area (Å²) in [4.78, 5) is 4.50. The Morgan fingerprint density at radius 2 is 1.84 bits per heavy atom. The van der Waals surface area contributed by atoms with Gasteiger partial charge in [-0.15, -0.1) is 12.4 Å². The minimum Gasteiger partial charge on any atom is -0.494 e. The van der Waals surface area contributed by atoms with Crippen molar-refractivity contribution in [2.75, 3.05) is 13.2 Å². The molecule has 3 aromatic rings. The first kappa shape index (κ1) is 18.8. The van der Waals surface area contributed by atoms with Crippen LogP contribution >= 0.6 is 12.4 Å². The fourth-order valence-corrected chi connectivity index (χ4v) is 2.67. The fraction of sp³-hybridized carbons (Fsp3) is 0.190. The van der Waals surface area contributed by atoms with Crippen LogP contribution in [0.25, 0.3) is 17.0 Å². The van der Waals surface area contributed by atoms with Gasteiger partial charge in [0, 0.05) is 24.2 Å². The van der Waals surface area contributed by atoms with Crippen molar-refractivity contribution in [3.63, 3.8) is 0 Å². The minimum absolute atomic E-state index is 0. The summed E-state index contributed by atoms with van der Waals surface area (Å²) in [6.45, 7) is 3.34. The van der Waals surface area contributed by atoms with Crippen LogP contribution in [0.15, 0.2) is 65.7 Å². The Bertz CT molecular complexity index is 863. The second kappa shape index (κ2) is 9.09. The number of aliphatic imine (C=N–C) groups is 1. The fourth-order valence-electron chi connectivity index (χ4n) is 2.67. The number of ether oxygens (including phenoxy) is 1. The van der Waals surface area contributed by atoms with Crippen LogP contribution in [0.3, 0.4) is 0 Å². The highest BCUT2D eigenvalue weighted by molar-refractivity contribution is 5.90. The molecule has 4 heteroatoms. The molecule has 0 aliphatic carbocycles. The minimum atomic E-state index is 0. The van der Waals surface area contributed by atoms with Crippen molar-refractivity contribution in [3.05, 3.63) is 71.9 Å². The molecule has 0 saturated heterocycles. The molecule has 0 saturated carbocycles. The van der Waals surface area contributed by atoms with Gasteiger partial charge in [-0.3, -0.25) is 4.99 Å². The Morgan fingerprint density at radius 3 is 2.56 bits per heavy atom. The number of aryl methyl sites for hydroxylation is 1. The van der Waals surface area contributed by atoms with E-state index >= 15 is 0 Å². The number of benzene rings is 2. The first-order valence-electron chi connectivity index (χ1n) is 8.21. The molecule has 3 nitrogen and oxygen atoms in total. The summed E-state index contributed by atoms with van der Waals surface area (Å²) in [5.41, 5.74) is 3.49. The van der Waals surface area contributed by atoms with Gasteiger partial charge in [0.15, 0.2) is 0 Å². The molecule has 0 amide bonds. The van der Waals surface area contributed by atoms with E-state index < -0.39 is 0 Å². The molecule has 1 heterocycles. The number of nitrogens with zero attached hydrogens (tertiary/aromatic N) is 2. The van der Waals surface area contributed by atoms with E-state index in [9.17, 15) is 0 Å². The summed E-state index contributed by atoms with van der Waals surface area (Å²) in [5.74, 6) is 0.906. The first-order valence-corrected chi connectivity index (χ1v) is 8.21. The zero-order valence-electron chi connectivity index (χ0n) is 14.6. The summed E-state index contributed by atoms with van der Waals surface area (Å²) < 4.78 is 7.60. The Labute approximate surface area is 155 Å². The van der Waals surface area contributed by atoms with Gasteiger partial charge < -0.3 is 9.30 Å². The summed E-state index contributed by atoms with van der Waals surface area (Å²) in [6, 6.07) is 18.6. The lowest BCUT2D eigenvalue weighted by Crippen LogP contribution is -1.94. The second-order valence-corrected chi connectivity index (χ2v) is 5.59. The van der Waals surface area contributed by atoms with E-state index in [1.54, 1.807) is 0 Å². The lowest BCUT2D eigenvalue weighted by molar-refractivity contribution is 0.340. The Kier molecular flexibility index (Phi) is 6.84. The molecule has 0 bridgehead atoms. The molecule has 0 unspecified atom stereocenters. The van der Waals surface area contributed by atoms with E-state index in [0.29, 0.717) is 13.2 Å². The van der Waals surface area contributed by atoms with E-state index in [2.05, 4.69) is 71.2 Å². The highest BCUT2D eigenvalue weighted by Gasteiger charge is 2.01. The molecule has 2 aromatic carbocycles. The van der Waals surface area contributed by atoms with Gasteiger partial charge in [-0.2, -0.15) is 0 Å². The normalized spacial score (nSPS) is 11.3. The molecule has 130 valence electrons. The molecular weight excluding hydrogens is 332 g/mol. The SMILES string of the molecule is CCOc1ccc(/C=C/CN=Cc2cc3ccccc3n2C)cc1.Cl. The highest BCUT2D eigenvalue weighted by Crippen LogP contribution is 2.17. The van der Waals surface area contributed by atoms with Crippen LogP contribution in [-0.4, -0.2) is 23.9 Å². The summed E-state index contributed by atoms with van der Waals surface area (Å²) in [6.07, 6.45) is 6.08. The van der Waals surface area contributed by atoms with Crippen LogP contribution in [0, 0.1) is 0 Å². The average Bonchev–Trinajstić information content (AvgIpc) is 2.93. The van der Waals surface area contributed by atoms with Gasteiger partial charge in [-0.25, -0.2) is 0 Å². The van der Waals surface area contributed by atoms with Crippen LogP contribution in [0.5, 0.6) is 5.75 Å². The molecule has 0 radical (unpaired) electrons. The zero-order valence-corrected chi connectivity index (χ0v) is 15.4. The highest BCUT2D eigenvalue weighted by atomic mass is 35.5. The van der Waals surface area contributed by atoms with Gasteiger partial charge in [0.25, 0.3) is 0 Å². The lowest BCUT2D eigenvalue weighted by atomic mass is 10.2. The van der Waals surface area contributed by atoms with E-state index in [-0.39, 0.29) is 12.4 Å². The molecule has 1 aromatic heterocycles. The standard InChI is InChI=1S/C21H22N2O.ClH/c1-3-24-20-12-10-17(11-13-20)7-6-14-22-16-19-15-18-8-4-5-9-21(18)23(19)2;/h4-13,15-16H,3,14H2,1-2H3;1H/b7-6+,22-16?;. The summed E-state index contributed by atoms with van der Waals surface area (Å²) in [5, 5.41) is 1.24. The number of hydrogen-bond donors (Lipinski definition) is 0. The predicted molar refractivity (Wildman–Crippen MR) is 109 cm³/mol. The average molecular weight is 355 g/mol. The Balaban J connectivity index is 0.00000225. The molecule has 0 aliphatic heterocycles. The van der Waals surface area contributed by atoms with Crippen molar-refractivity contribution < 1.29 is 4.74 Å². The molecule has 25 heavy (non-hydrogen) atoms. The predicted octanol–water partition coefficient (Wildman–Crippen LogP) is 5.13. The van der Waals surface area contributed by atoms with Gasteiger partial charge >= 0.3 is 0 Å². The monoisotopic (exact) mass is 354 g/mol. The maximum atomic E-state index is 5.44. The zero-order chi connectivity index (χ0) is 16.8. The van der Waals surface area contributed by atoms with Gasteiger partial charge in [0.05, 0.1) is 18.8 Å². The molecule has 0 aliphatic rings. The van der Waals surface area contributed by atoms with Crippen molar-refractivity contribution >= 4 is 35.6 Å². The number of aromatic nitrogens is 1. The van der Waals surface area contributed by atoms with Gasteiger partial charge in [0.2, 0.25) is 0 Å². The third-order valence-corrected chi connectivity index (χ3v) is 3.92. The maximum Gasteiger partial charge on any atom is 0.119 e. The number of hydrogen-bond acceptors (Lipinski definition) is 2. The van der Waals surface area contributed by atoms with Crippen molar-refractivity contribution in [2.24, 2.45) is 12.0 Å². The third-order valence-electron chi connectivity index (χ3n) is 3.92. The molecule has 3 rings (SSSR count). The Morgan fingerprint density at radius 1 is 1.08 bits per heavy atom. The second-order valence-electron chi connectivity index (χ2n) is 5.59. The number of halogens is 1. The Hall–Kier alpha value is -2.52. The van der Waals surface area contributed by atoms with Crippen molar-refractivity contribution in [3.8, 4) is 5.75 Å². The quantitative estimate of drug-likeness (QED) is 0.563. The van der Waals surface area contributed by atoms with Crippen LogP contribution < -0.4 is 4.74 Å². The molecule has 0 atom stereocenters.